The SMILES string of the molecule is C=C(I)CS(=O)(=O)c1ccccc1. The molecule has 4 heteroatoms. The van der Waals surface area contributed by atoms with Crippen LogP contribution in [0.2, 0.25) is 0 Å². The lowest BCUT2D eigenvalue weighted by Crippen LogP contribution is -2.05. The van der Waals surface area contributed by atoms with Gasteiger partial charge >= 0.3 is 0 Å². The summed E-state index contributed by atoms with van der Waals surface area (Å²) >= 11 is 1.92. The zero-order chi connectivity index (χ0) is 9.90. The minimum atomic E-state index is -3.17. The first-order valence-corrected chi connectivity index (χ1v) is 6.36. The summed E-state index contributed by atoms with van der Waals surface area (Å²) < 4.78 is 23.8. The van der Waals surface area contributed by atoms with Crippen molar-refractivity contribution in [3.8, 4) is 0 Å². The maximum Gasteiger partial charge on any atom is 0.182 e. The van der Waals surface area contributed by atoms with Crippen LogP contribution in [0.4, 0.5) is 0 Å². The highest BCUT2D eigenvalue weighted by Gasteiger charge is 2.13. The Bertz CT molecular complexity index is 395. The van der Waals surface area contributed by atoms with Crippen LogP contribution in [0, 0.1) is 0 Å². The van der Waals surface area contributed by atoms with Crippen LogP contribution in [-0.4, -0.2) is 14.2 Å². The van der Waals surface area contributed by atoms with Crippen LogP contribution >= 0.6 is 22.6 Å². The third-order valence-electron chi connectivity index (χ3n) is 1.45. The smallest absolute Gasteiger partial charge is 0.182 e. The third kappa shape index (κ3) is 3.11. The van der Waals surface area contributed by atoms with Gasteiger partial charge < -0.3 is 0 Å². The Morgan fingerprint density at radius 1 is 1.31 bits per heavy atom. The molecule has 0 aliphatic rings. The first-order chi connectivity index (χ1) is 6.02. The molecule has 0 atom stereocenters. The molecule has 0 fully saturated rings. The topological polar surface area (TPSA) is 34.1 Å². The normalized spacial score (nSPS) is 11.2. The van der Waals surface area contributed by atoms with Crippen molar-refractivity contribution in [2.75, 3.05) is 5.75 Å². The summed E-state index contributed by atoms with van der Waals surface area (Å²) in [5.74, 6) is 0.0115. The van der Waals surface area contributed by atoms with E-state index in [0.717, 1.165) is 0 Å². The van der Waals surface area contributed by atoms with E-state index in [9.17, 15) is 8.42 Å². The summed E-state index contributed by atoms with van der Waals surface area (Å²) in [4.78, 5) is 0.354. The van der Waals surface area contributed by atoms with E-state index in [-0.39, 0.29) is 5.75 Å². The van der Waals surface area contributed by atoms with Crippen molar-refractivity contribution in [3.05, 3.63) is 40.5 Å². The Hall–Kier alpha value is -0.360. The second-order valence-electron chi connectivity index (χ2n) is 2.59. The molecule has 0 aromatic heterocycles. The van der Waals surface area contributed by atoms with Gasteiger partial charge in [-0.1, -0.05) is 24.8 Å². The molecular formula is C9H9IO2S. The minimum Gasteiger partial charge on any atom is -0.223 e. The predicted octanol–water partition coefficient (Wildman–Crippen LogP) is 2.41. The Morgan fingerprint density at radius 2 is 1.85 bits per heavy atom. The van der Waals surface area contributed by atoms with Crippen molar-refractivity contribution in [2.45, 2.75) is 4.90 Å². The molecule has 2 nitrogen and oxygen atoms in total. The van der Waals surface area contributed by atoms with Crippen LogP contribution in [0.1, 0.15) is 0 Å². The van der Waals surface area contributed by atoms with Gasteiger partial charge in [0.2, 0.25) is 0 Å². The lowest BCUT2D eigenvalue weighted by atomic mass is 10.4. The maximum atomic E-state index is 11.6. The van der Waals surface area contributed by atoms with Crippen molar-refractivity contribution in [1.29, 1.82) is 0 Å². The van der Waals surface area contributed by atoms with Crippen molar-refractivity contribution in [2.24, 2.45) is 0 Å². The van der Waals surface area contributed by atoms with Gasteiger partial charge in [-0.25, -0.2) is 8.42 Å². The Morgan fingerprint density at radius 3 is 2.31 bits per heavy atom. The number of hydrogen-bond acceptors (Lipinski definition) is 2. The zero-order valence-electron chi connectivity index (χ0n) is 6.90. The highest BCUT2D eigenvalue weighted by atomic mass is 127. The van der Waals surface area contributed by atoms with Gasteiger partial charge in [0.05, 0.1) is 10.6 Å². The Kier molecular flexibility index (Phi) is 3.49. The third-order valence-corrected chi connectivity index (χ3v) is 4.07. The number of hydrogen-bond donors (Lipinski definition) is 0. The summed E-state index contributed by atoms with van der Waals surface area (Å²) in [5, 5.41) is 0. The Balaban J connectivity index is 3.02. The largest absolute Gasteiger partial charge is 0.223 e. The summed E-state index contributed by atoms with van der Waals surface area (Å²) in [6.07, 6.45) is 0. The molecule has 0 radical (unpaired) electrons. The first-order valence-electron chi connectivity index (χ1n) is 3.63. The molecule has 0 saturated heterocycles. The monoisotopic (exact) mass is 308 g/mol. The molecule has 1 rings (SSSR count). The molecule has 1 aromatic carbocycles. The van der Waals surface area contributed by atoms with E-state index in [0.29, 0.717) is 8.48 Å². The molecule has 0 unspecified atom stereocenters. The molecule has 0 N–H and O–H groups in total. The van der Waals surface area contributed by atoms with E-state index >= 15 is 0 Å². The molecule has 0 amide bonds. The second kappa shape index (κ2) is 4.23. The number of halogens is 1. The first kappa shape index (κ1) is 10.7. The average molecular weight is 308 g/mol. The molecule has 1 aromatic rings. The standard InChI is InChI=1S/C9H9IO2S/c1-8(10)7-13(11,12)9-5-3-2-4-6-9/h2-6H,1,7H2. The average Bonchev–Trinajstić information content (AvgIpc) is 2.04. The molecule has 0 aliphatic heterocycles. The van der Waals surface area contributed by atoms with Crippen LogP contribution in [0.3, 0.4) is 0 Å². The fraction of sp³-hybridized carbons (Fsp3) is 0.111. The highest BCUT2D eigenvalue weighted by molar-refractivity contribution is 14.1. The molecule has 0 aliphatic carbocycles. The minimum absolute atomic E-state index is 0.0115. The van der Waals surface area contributed by atoms with E-state index in [1.54, 1.807) is 30.3 Å². The van der Waals surface area contributed by atoms with Gasteiger partial charge in [0, 0.05) is 0 Å². The zero-order valence-corrected chi connectivity index (χ0v) is 9.88. The van der Waals surface area contributed by atoms with Crippen molar-refractivity contribution >= 4 is 32.4 Å². The van der Waals surface area contributed by atoms with Crippen LogP contribution in [0.5, 0.6) is 0 Å². The van der Waals surface area contributed by atoms with E-state index in [2.05, 4.69) is 6.58 Å². The lowest BCUT2D eigenvalue weighted by molar-refractivity contribution is 0.599. The lowest BCUT2D eigenvalue weighted by Gasteiger charge is -2.01. The summed E-state index contributed by atoms with van der Waals surface area (Å²) in [7, 11) is -3.17. The molecule has 0 bridgehead atoms. The van der Waals surface area contributed by atoms with Gasteiger partial charge in [0.25, 0.3) is 0 Å². The molecule has 0 heterocycles. The van der Waals surface area contributed by atoms with Gasteiger partial charge in [0.1, 0.15) is 0 Å². The summed E-state index contributed by atoms with van der Waals surface area (Å²) in [6.45, 7) is 3.57. The number of sulfone groups is 1. The molecule has 13 heavy (non-hydrogen) atoms. The van der Waals surface area contributed by atoms with Gasteiger partial charge in [-0.05, 0) is 38.3 Å². The maximum absolute atomic E-state index is 11.6. The number of benzene rings is 1. The van der Waals surface area contributed by atoms with Crippen molar-refractivity contribution < 1.29 is 8.42 Å². The van der Waals surface area contributed by atoms with Crippen LogP contribution in [0.15, 0.2) is 45.4 Å². The van der Waals surface area contributed by atoms with Crippen LogP contribution in [0.25, 0.3) is 0 Å². The van der Waals surface area contributed by atoms with E-state index in [4.69, 9.17) is 0 Å². The molecule has 0 spiro atoms. The Labute approximate surface area is 91.7 Å². The van der Waals surface area contributed by atoms with Gasteiger partial charge in [-0.2, -0.15) is 0 Å². The van der Waals surface area contributed by atoms with Gasteiger partial charge in [-0.15, -0.1) is 0 Å². The van der Waals surface area contributed by atoms with Gasteiger partial charge in [-0.3, -0.25) is 0 Å². The van der Waals surface area contributed by atoms with Crippen molar-refractivity contribution in [3.63, 3.8) is 0 Å². The highest BCUT2D eigenvalue weighted by Crippen LogP contribution is 2.15. The van der Waals surface area contributed by atoms with Crippen molar-refractivity contribution in [1.82, 2.24) is 0 Å². The van der Waals surface area contributed by atoms with E-state index in [1.807, 2.05) is 22.6 Å². The molecule has 0 saturated carbocycles. The molecular weight excluding hydrogens is 299 g/mol. The second-order valence-corrected chi connectivity index (χ2v) is 6.10. The van der Waals surface area contributed by atoms with Crippen LogP contribution in [-0.2, 0) is 9.84 Å². The molecule has 70 valence electrons. The van der Waals surface area contributed by atoms with Crippen LogP contribution < -0.4 is 0 Å². The quantitative estimate of drug-likeness (QED) is 0.804. The van der Waals surface area contributed by atoms with E-state index in [1.165, 1.54) is 0 Å². The fourth-order valence-corrected chi connectivity index (χ4v) is 3.30. The predicted molar refractivity (Wildman–Crippen MR) is 61.7 cm³/mol. The summed E-state index contributed by atoms with van der Waals surface area (Å²) in [6, 6.07) is 8.40. The summed E-state index contributed by atoms with van der Waals surface area (Å²) in [5.41, 5.74) is 0. The van der Waals surface area contributed by atoms with Gasteiger partial charge in [0.15, 0.2) is 9.84 Å². The van der Waals surface area contributed by atoms with E-state index < -0.39 is 9.84 Å². The fourth-order valence-electron chi connectivity index (χ4n) is 0.917. The number of rotatable bonds is 3.